The molecule has 1 amide bonds. The Labute approximate surface area is 112 Å². The maximum absolute atomic E-state index is 12.0. The van der Waals surface area contributed by atoms with Crippen LogP contribution < -0.4 is 10.0 Å². The molecule has 7 heteroatoms. The highest BCUT2D eigenvalue weighted by molar-refractivity contribution is 7.92. The van der Waals surface area contributed by atoms with Crippen LogP contribution in [0.3, 0.4) is 0 Å². The topological polar surface area (TPSA) is 95.5 Å². The highest BCUT2D eigenvalue weighted by atomic mass is 32.2. The molecular weight excluding hydrogens is 268 g/mol. The van der Waals surface area contributed by atoms with E-state index in [1.807, 2.05) is 0 Å². The minimum absolute atomic E-state index is 0.0172. The number of benzene rings is 1. The molecular formula is C12H18N2O4S. The number of phenols is 1. The number of rotatable bonds is 3. The van der Waals surface area contributed by atoms with Gasteiger partial charge in [0, 0.05) is 11.2 Å². The van der Waals surface area contributed by atoms with Gasteiger partial charge < -0.3 is 10.4 Å². The van der Waals surface area contributed by atoms with E-state index in [4.69, 9.17) is 0 Å². The molecule has 0 spiro atoms. The molecule has 0 unspecified atom stereocenters. The summed E-state index contributed by atoms with van der Waals surface area (Å²) >= 11 is 0. The van der Waals surface area contributed by atoms with Crippen LogP contribution in [0, 0.1) is 0 Å². The molecule has 3 N–H and O–H groups in total. The Morgan fingerprint density at radius 3 is 2.32 bits per heavy atom. The molecule has 106 valence electrons. The summed E-state index contributed by atoms with van der Waals surface area (Å²) in [5.74, 6) is -0.678. The maximum Gasteiger partial charge on any atom is 0.255 e. The number of aromatic hydroxyl groups is 1. The molecule has 1 rings (SSSR count). The Kier molecular flexibility index (Phi) is 4.09. The third-order valence-electron chi connectivity index (χ3n) is 2.03. The van der Waals surface area contributed by atoms with Gasteiger partial charge in [-0.2, -0.15) is 0 Å². The fourth-order valence-electron chi connectivity index (χ4n) is 1.40. The van der Waals surface area contributed by atoms with Crippen LogP contribution in [0.1, 0.15) is 31.1 Å². The molecule has 1 aromatic rings. The molecule has 0 heterocycles. The van der Waals surface area contributed by atoms with Crippen molar-refractivity contribution in [1.29, 1.82) is 0 Å². The first-order chi connectivity index (χ1) is 8.48. The second-order valence-electron chi connectivity index (χ2n) is 5.31. The van der Waals surface area contributed by atoms with Crippen LogP contribution in [0.25, 0.3) is 0 Å². The van der Waals surface area contributed by atoms with Crippen LogP contribution in [0.4, 0.5) is 5.69 Å². The summed E-state index contributed by atoms with van der Waals surface area (Å²) < 4.78 is 24.5. The highest BCUT2D eigenvalue weighted by Crippen LogP contribution is 2.22. The highest BCUT2D eigenvalue weighted by Gasteiger charge is 2.18. The van der Waals surface area contributed by atoms with Crippen LogP contribution in [0.2, 0.25) is 0 Å². The molecule has 0 aliphatic rings. The predicted octanol–water partition coefficient (Wildman–Crippen LogP) is 1.29. The van der Waals surface area contributed by atoms with Crippen molar-refractivity contribution in [1.82, 2.24) is 5.32 Å². The summed E-state index contributed by atoms with van der Waals surface area (Å²) in [6, 6.07) is 3.94. The Morgan fingerprint density at radius 2 is 1.84 bits per heavy atom. The van der Waals surface area contributed by atoms with E-state index in [1.165, 1.54) is 18.2 Å². The first-order valence-corrected chi connectivity index (χ1v) is 7.50. The van der Waals surface area contributed by atoms with E-state index in [2.05, 4.69) is 10.0 Å². The Morgan fingerprint density at radius 1 is 1.26 bits per heavy atom. The van der Waals surface area contributed by atoms with Crippen molar-refractivity contribution < 1.29 is 18.3 Å². The summed E-state index contributed by atoms with van der Waals surface area (Å²) in [7, 11) is -3.43. The fourth-order valence-corrected chi connectivity index (χ4v) is 1.96. The van der Waals surface area contributed by atoms with E-state index in [0.29, 0.717) is 0 Å². The zero-order valence-electron chi connectivity index (χ0n) is 11.3. The summed E-state index contributed by atoms with van der Waals surface area (Å²) in [6.07, 6.45) is 1.01. The molecule has 0 bridgehead atoms. The van der Waals surface area contributed by atoms with Crippen LogP contribution >= 0.6 is 0 Å². The normalized spacial score (nSPS) is 12.0. The van der Waals surface area contributed by atoms with Gasteiger partial charge in [0.15, 0.2) is 0 Å². The Hall–Kier alpha value is -1.76. The van der Waals surface area contributed by atoms with Crippen LogP contribution in [0.15, 0.2) is 18.2 Å². The van der Waals surface area contributed by atoms with E-state index in [-0.39, 0.29) is 17.0 Å². The average molecular weight is 286 g/mol. The lowest BCUT2D eigenvalue weighted by Crippen LogP contribution is -2.40. The predicted molar refractivity (Wildman–Crippen MR) is 73.8 cm³/mol. The number of anilines is 1. The fraction of sp³-hybridized carbons (Fsp3) is 0.417. The zero-order valence-corrected chi connectivity index (χ0v) is 12.1. The Bertz CT molecular complexity index is 588. The van der Waals surface area contributed by atoms with Crippen molar-refractivity contribution >= 4 is 21.6 Å². The lowest BCUT2D eigenvalue weighted by atomic mass is 10.1. The monoisotopic (exact) mass is 286 g/mol. The van der Waals surface area contributed by atoms with Crippen molar-refractivity contribution in [3.8, 4) is 5.75 Å². The summed E-state index contributed by atoms with van der Waals surface area (Å²) in [5, 5.41) is 12.4. The van der Waals surface area contributed by atoms with Crippen LogP contribution in [-0.4, -0.2) is 31.2 Å². The molecule has 0 saturated heterocycles. The van der Waals surface area contributed by atoms with Gasteiger partial charge in [-0.25, -0.2) is 8.42 Å². The van der Waals surface area contributed by atoms with E-state index in [0.717, 1.165) is 6.26 Å². The molecule has 0 radical (unpaired) electrons. The standard InChI is InChI=1S/C12H18N2O4S/c1-12(2,3)13-11(16)9-7-8(5-6-10(9)15)14-19(4,17)18/h5-7,14-15H,1-4H3,(H,13,16). The molecule has 0 saturated carbocycles. The van der Waals surface area contributed by atoms with Crippen molar-refractivity contribution in [2.45, 2.75) is 26.3 Å². The smallest absolute Gasteiger partial charge is 0.255 e. The number of nitrogens with one attached hydrogen (secondary N) is 2. The first-order valence-electron chi connectivity index (χ1n) is 5.61. The third-order valence-corrected chi connectivity index (χ3v) is 2.64. The number of amides is 1. The second kappa shape index (κ2) is 5.08. The summed E-state index contributed by atoms with van der Waals surface area (Å²) in [4.78, 5) is 12.0. The molecule has 0 aliphatic carbocycles. The maximum atomic E-state index is 12.0. The lowest BCUT2D eigenvalue weighted by molar-refractivity contribution is 0.0917. The number of hydrogen-bond donors (Lipinski definition) is 3. The first kappa shape index (κ1) is 15.3. The third kappa shape index (κ3) is 5.17. The van der Waals surface area contributed by atoms with Gasteiger partial charge in [-0.3, -0.25) is 9.52 Å². The van der Waals surface area contributed by atoms with Crippen molar-refractivity contribution in [3.63, 3.8) is 0 Å². The molecule has 1 aromatic carbocycles. The van der Waals surface area contributed by atoms with Gasteiger partial charge >= 0.3 is 0 Å². The molecule has 0 aromatic heterocycles. The summed E-state index contributed by atoms with van der Waals surface area (Å²) in [5.41, 5.74) is -0.216. The zero-order chi connectivity index (χ0) is 14.8. The van der Waals surface area contributed by atoms with Gasteiger partial charge in [-0.15, -0.1) is 0 Å². The van der Waals surface area contributed by atoms with Gasteiger partial charge in [-0.05, 0) is 39.0 Å². The second-order valence-corrected chi connectivity index (χ2v) is 7.06. The van der Waals surface area contributed by atoms with E-state index in [1.54, 1.807) is 20.8 Å². The number of phenolic OH excluding ortho intramolecular Hbond substituents is 1. The van der Waals surface area contributed by atoms with E-state index in [9.17, 15) is 18.3 Å². The molecule has 0 fully saturated rings. The quantitative estimate of drug-likeness (QED) is 0.730. The minimum atomic E-state index is -3.43. The molecule has 6 nitrogen and oxygen atoms in total. The average Bonchev–Trinajstić information content (AvgIpc) is 2.16. The van der Waals surface area contributed by atoms with E-state index < -0.39 is 21.5 Å². The molecule has 0 aliphatic heterocycles. The van der Waals surface area contributed by atoms with Gasteiger partial charge in [0.2, 0.25) is 10.0 Å². The number of carbonyl (C=O) groups excluding carboxylic acids is 1. The number of hydrogen-bond acceptors (Lipinski definition) is 4. The lowest BCUT2D eigenvalue weighted by Gasteiger charge is -2.21. The largest absolute Gasteiger partial charge is 0.507 e. The van der Waals surface area contributed by atoms with Gasteiger partial charge in [-0.1, -0.05) is 0 Å². The SMILES string of the molecule is CC(C)(C)NC(=O)c1cc(NS(C)(=O)=O)ccc1O. The van der Waals surface area contributed by atoms with Crippen molar-refractivity contribution in [2.75, 3.05) is 11.0 Å². The minimum Gasteiger partial charge on any atom is -0.507 e. The summed E-state index contributed by atoms with van der Waals surface area (Å²) in [6.45, 7) is 5.42. The number of sulfonamides is 1. The van der Waals surface area contributed by atoms with E-state index >= 15 is 0 Å². The van der Waals surface area contributed by atoms with Crippen LogP contribution in [-0.2, 0) is 10.0 Å². The molecule has 19 heavy (non-hydrogen) atoms. The van der Waals surface area contributed by atoms with Gasteiger partial charge in [0.25, 0.3) is 5.91 Å². The van der Waals surface area contributed by atoms with Gasteiger partial charge in [0.05, 0.1) is 11.8 Å². The Balaban J connectivity index is 3.07. The number of carbonyl (C=O) groups is 1. The molecule has 0 atom stereocenters. The van der Waals surface area contributed by atoms with Crippen molar-refractivity contribution in [3.05, 3.63) is 23.8 Å². The van der Waals surface area contributed by atoms with Crippen molar-refractivity contribution in [2.24, 2.45) is 0 Å². The van der Waals surface area contributed by atoms with Gasteiger partial charge in [0.1, 0.15) is 5.75 Å². The van der Waals surface area contributed by atoms with Crippen LogP contribution in [0.5, 0.6) is 5.75 Å².